The molecule has 0 saturated carbocycles. The smallest absolute Gasteiger partial charge is 0.399 e. The first-order valence-corrected chi connectivity index (χ1v) is 11.8. The Hall–Kier alpha value is -5.19. The Kier molecular flexibility index (Phi) is 6.72. The lowest BCUT2D eigenvalue weighted by atomic mass is 9.99. The van der Waals surface area contributed by atoms with E-state index in [-0.39, 0.29) is 16.7 Å². The minimum atomic E-state index is -4.65. The van der Waals surface area contributed by atoms with Crippen LogP contribution in [0.15, 0.2) is 91.0 Å². The lowest BCUT2D eigenvalue weighted by molar-refractivity contribution is -0.145. The summed E-state index contributed by atoms with van der Waals surface area (Å²) in [6, 6.07) is 24.1. The highest BCUT2D eigenvalue weighted by molar-refractivity contribution is 5.99. The highest BCUT2D eigenvalue weighted by Crippen LogP contribution is 2.35. The molecule has 6 aromatic rings. The number of carbonyl (C=O) groups excluding carboxylic acids is 1. The molecule has 0 atom stereocenters. The van der Waals surface area contributed by atoms with Gasteiger partial charge in [-0.25, -0.2) is 9.37 Å². The van der Waals surface area contributed by atoms with Crippen molar-refractivity contribution in [3.63, 3.8) is 0 Å². The van der Waals surface area contributed by atoms with Gasteiger partial charge in [-0.3, -0.25) is 9.36 Å². The van der Waals surface area contributed by atoms with Gasteiger partial charge in [0, 0.05) is 22.3 Å². The third kappa shape index (κ3) is 4.96. The summed E-state index contributed by atoms with van der Waals surface area (Å²) in [5, 5.41) is 0.296. The fourth-order valence-corrected chi connectivity index (χ4v) is 4.36. The van der Waals surface area contributed by atoms with Crippen LogP contribution in [0.2, 0.25) is 0 Å². The van der Waals surface area contributed by atoms with Crippen LogP contribution in [0.1, 0.15) is 16.2 Å². The number of H-pyrrole nitrogens is 1. The number of para-hydroxylation sites is 1. The highest BCUT2D eigenvalue weighted by atomic mass is 19.4. The minimum absolute atomic E-state index is 0.153. The molecule has 202 valence electrons. The average molecular weight is 550 g/mol. The van der Waals surface area contributed by atoms with E-state index in [1.54, 1.807) is 66.7 Å². The third-order valence-corrected chi connectivity index (χ3v) is 6.16. The largest absolute Gasteiger partial charge is 0.450 e. The van der Waals surface area contributed by atoms with E-state index in [4.69, 9.17) is 11.5 Å². The molecule has 4 aromatic carbocycles. The predicted octanol–water partition coefficient (Wildman–Crippen LogP) is 6.84. The molecule has 2 aromatic heterocycles. The van der Waals surface area contributed by atoms with Crippen molar-refractivity contribution >= 4 is 33.5 Å². The van der Waals surface area contributed by atoms with E-state index in [9.17, 15) is 26.7 Å². The predicted molar refractivity (Wildman–Crippen MR) is 143 cm³/mol. The molecule has 0 fully saturated rings. The van der Waals surface area contributed by atoms with E-state index < -0.39 is 29.7 Å². The average Bonchev–Trinajstić information content (AvgIpc) is 3.46. The first-order chi connectivity index (χ1) is 19.0. The molecule has 0 aliphatic heterocycles. The van der Waals surface area contributed by atoms with Crippen LogP contribution in [0.5, 0.6) is 0 Å². The number of imidazole rings is 1. The number of carbonyl (C=O) groups is 1. The molecule has 2 heterocycles. The van der Waals surface area contributed by atoms with Crippen molar-refractivity contribution in [1.82, 2.24) is 14.5 Å². The molecule has 0 bridgehead atoms. The number of nitrogen functional groups attached to an aromatic ring is 1. The Morgan fingerprint density at radius 1 is 0.875 bits per heavy atom. The summed E-state index contributed by atoms with van der Waals surface area (Å²) >= 11 is 0. The molecule has 11 heteroatoms. The van der Waals surface area contributed by atoms with Crippen LogP contribution in [0.3, 0.4) is 0 Å². The van der Waals surface area contributed by atoms with E-state index in [2.05, 4.69) is 9.97 Å². The first-order valence-electron chi connectivity index (χ1n) is 11.8. The number of aromatic amines is 1. The Morgan fingerprint density at radius 2 is 1.55 bits per heavy atom. The zero-order valence-corrected chi connectivity index (χ0v) is 20.5. The van der Waals surface area contributed by atoms with Gasteiger partial charge in [0.15, 0.2) is 5.82 Å². The molecule has 40 heavy (non-hydrogen) atoms. The number of benzene rings is 4. The van der Waals surface area contributed by atoms with Crippen molar-refractivity contribution < 1.29 is 26.7 Å². The van der Waals surface area contributed by atoms with Crippen molar-refractivity contribution in [2.45, 2.75) is 6.18 Å². The van der Waals surface area contributed by atoms with Gasteiger partial charge < -0.3 is 16.5 Å². The summed E-state index contributed by atoms with van der Waals surface area (Å²) in [6.45, 7) is 0. The van der Waals surface area contributed by atoms with Crippen LogP contribution in [-0.4, -0.2) is 20.4 Å². The molecule has 0 spiro atoms. The molecule has 0 aliphatic carbocycles. The quantitative estimate of drug-likeness (QED) is 0.166. The second-order valence-corrected chi connectivity index (χ2v) is 8.77. The van der Waals surface area contributed by atoms with Crippen LogP contribution in [0.4, 0.5) is 27.6 Å². The standard InChI is InChI=1S/C21H15F3N4O.C8H5F2N/c22-21(23,24)20-27-17-11-13(25)7-10-18(17)28(20)14-8-5-12(6-9-14)15-3-1-2-4-16(15)19(26)29;9-7-5-3-1-2-4-6(5)11-8(7)10/h1-11H,25H2,(H2,26,29);1-4,11H. The van der Waals surface area contributed by atoms with Crippen molar-refractivity contribution in [2.75, 3.05) is 5.73 Å². The fraction of sp³-hybridized carbons (Fsp3) is 0.0345. The Morgan fingerprint density at radius 3 is 2.23 bits per heavy atom. The summed E-state index contributed by atoms with van der Waals surface area (Å²) in [7, 11) is 0. The van der Waals surface area contributed by atoms with E-state index in [1.165, 1.54) is 24.3 Å². The number of nitrogens with one attached hydrogen (secondary N) is 1. The maximum atomic E-state index is 13.6. The number of nitrogens with two attached hydrogens (primary N) is 2. The van der Waals surface area contributed by atoms with Crippen LogP contribution >= 0.6 is 0 Å². The van der Waals surface area contributed by atoms with Crippen molar-refractivity contribution in [3.05, 3.63) is 114 Å². The Labute approximate surface area is 223 Å². The van der Waals surface area contributed by atoms with Crippen molar-refractivity contribution in [1.29, 1.82) is 0 Å². The van der Waals surface area contributed by atoms with E-state index in [0.717, 1.165) is 4.57 Å². The lowest BCUT2D eigenvalue weighted by Gasteiger charge is -2.13. The first kappa shape index (κ1) is 26.4. The molecule has 0 aliphatic rings. The van der Waals surface area contributed by atoms with Crippen molar-refractivity contribution in [2.24, 2.45) is 5.73 Å². The monoisotopic (exact) mass is 549 g/mol. The van der Waals surface area contributed by atoms with Crippen LogP contribution < -0.4 is 11.5 Å². The molecule has 1 amide bonds. The van der Waals surface area contributed by atoms with Gasteiger partial charge in [-0.15, -0.1) is 0 Å². The van der Waals surface area contributed by atoms with E-state index >= 15 is 0 Å². The number of fused-ring (bicyclic) bond motifs is 2. The van der Waals surface area contributed by atoms with Gasteiger partial charge in [0.1, 0.15) is 0 Å². The summed E-state index contributed by atoms with van der Waals surface area (Å²) in [5.74, 6) is -3.32. The highest BCUT2D eigenvalue weighted by Gasteiger charge is 2.38. The van der Waals surface area contributed by atoms with E-state index in [0.29, 0.717) is 33.3 Å². The molecule has 6 nitrogen and oxygen atoms in total. The molecule has 0 saturated heterocycles. The number of hydrogen-bond donors (Lipinski definition) is 3. The van der Waals surface area contributed by atoms with E-state index in [1.807, 2.05) is 0 Å². The second kappa shape index (κ2) is 10.2. The lowest BCUT2D eigenvalue weighted by Crippen LogP contribution is -2.14. The normalized spacial score (nSPS) is 11.4. The number of halogens is 5. The van der Waals surface area contributed by atoms with Gasteiger partial charge in [-0.1, -0.05) is 42.5 Å². The number of amides is 1. The fourth-order valence-electron chi connectivity index (χ4n) is 4.36. The number of alkyl halides is 3. The van der Waals surface area contributed by atoms with Crippen LogP contribution in [0.25, 0.3) is 38.8 Å². The summed E-state index contributed by atoms with van der Waals surface area (Å²) in [4.78, 5) is 17.7. The topological polar surface area (TPSA) is 103 Å². The summed E-state index contributed by atoms with van der Waals surface area (Å²) in [6.07, 6.45) is -4.65. The zero-order chi connectivity index (χ0) is 28.6. The van der Waals surface area contributed by atoms with Gasteiger partial charge in [-0.05, 0) is 59.7 Å². The molecule has 0 radical (unpaired) electrons. The molecular formula is C29H20F5N5O. The van der Waals surface area contributed by atoms with Crippen LogP contribution in [-0.2, 0) is 6.18 Å². The maximum absolute atomic E-state index is 13.6. The number of hydrogen-bond acceptors (Lipinski definition) is 3. The molecule has 5 N–H and O–H groups in total. The second-order valence-electron chi connectivity index (χ2n) is 8.77. The SMILES string of the molecule is Fc1[nH]c2ccccc2c1F.NC(=O)c1ccccc1-c1ccc(-n2c(C(F)(F)F)nc3cc(N)ccc32)cc1. The number of primary amides is 1. The number of aromatic nitrogens is 3. The number of anilines is 1. The summed E-state index contributed by atoms with van der Waals surface area (Å²) in [5.41, 5.74) is 14.2. The van der Waals surface area contributed by atoms with Crippen LogP contribution in [0, 0.1) is 11.8 Å². The number of nitrogens with zero attached hydrogens (tertiary/aromatic N) is 2. The maximum Gasteiger partial charge on any atom is 0.450 e. The minimum Gasteiger partial charge on any atom is -0.399 e. The Bertz CT molecular complexity index is 1860. The molecule has 0 unspecified atom stereocenters. The molecular weight excluding hydrogens is 529 g/mol. The van der Waals surface area contributed by atoms with Crippen molar-refractivity contribution in [3.8, 4) is 16.8 Å². The number of rotatable bonds is 3. The molecule has 6 rings (SSSR count). The van der Waals surface area contributed by atoms with Gasteiger partial charge in [0.05, 0.1) is 16.6 Å². The van der Waals surface area contributed by atoms with Gasteiger partial charge >= 0.3 is 6.18 Å². The van der Waals surface area contributed by atoms with Gasteiger partial charge in [-0.2, -0.15) is 17.6 Å². The summed E-state index contributed by atoms with van der Waals surface area (Å²) < 4.78 is 67.1. The zero-order valence-electron chi connectivity index (χ0n) is 20.5. The third-order valence-electron chi connectivity index (χ3n) is 6.16. The van der Waals surface area contributed by atoms with Gasteiger partial charge in [0.25, 0.3) is 0 Å². The van der Waals surface area contributed by atoms with Gasteiger partial charge in [0.2, 0.25) is 17.7 Å². The Balaban J connectivity index is 0.000000244.